The van der Waals surface area contributed by atoms with E-state index in [9.17, 15) is 8.42 Å². The highest BCUT2D eigenvalue weighted by Gasteiger charge is 2.24. The molecule has 0 saturated heterocycles. The number of aryl methyl sites for hydroxylation is 1. The smallest absolute Gasteiger partial charge is 0.231 e. The van der Waals surface area contributed by atoms with Crippen LogP contribution in [0.3, 0.4) is 0 Å². The van der Waals surface area contributed by atoms with Crippen molar-refractivity contribution >= 4 is 9.84 Å². The molecular weight excluding hydrogens is 408 g/mol. The van der Waals surface area contributed by atoms with Crippen LogP contribution in [0.4, 0.5) is 0 Å². The Labute approximate surface area is 181 Å². The Hall–Kier alpha value is -3.57. The van der Waals surface area contributed by atoms with Gasteiger partial charge in [0.15, 0.2) is 11.5 Å². The maximum Gasteiger partial charge on any atom is 0.231 e. The van der Waals surface area contributed by atoms with E-state index in [0.717, 1.165) is 22.3 Å². The number of hydrogen-bond donors (Lipinski definition) is 0. The molecule has 0 aliphatic carbocycles. The summed E-state index contributed by atoms with van der Waals surface area (Å²) < 4.78 is 38.3. The molecule has 0 atom stereocenters. The van der Waals surface area contributed by atoms with E-state index in [1.54, 1.807) is 18.2 Å². The van der Waals surface area contributed by atoms with Gasteiger partial charge in [0.1, 0.15) is 0 Å². The fourth-order valence-electron chi connectivity index (χ4n) is 3.70. The molecule has 0 unspecified atom stereocenters. The lowest BCUT2D eigenvalue weighted by molar-refractivity contribution is 0.174. The number of benzene rings is 4. The Morgan fingerprint density at radius 1 is 0.677 bits per heavy atom. The fourth-order valence-corrected chi connectivity index (χ4v) is 5.21. The minimum Gasteiger partial charge on any atom is -0.454 e. The van der Waals surface area contributed by atoms with Crippen molar-refractivity contribution in [3.63, 3.8) is 0 Å². The largest absolute Gasteiger partial charge is 0.454 e. The zero-order valence-corrected chi connectivity index (χ0v) is 17.7. The van der Waals surface area contributed by atoms with Crippen LogP contribution in [0.1, 0.15) is 5.56 Å². The first-order valence-electron chi connectivity index (χ1n) is 9.94. The normalized spacial score (nSPS) is 12.7. The van der Waals surface area contributed by atoms with Crippen LogP contribution < -0.4 is 9.47 Å². The third kappa shape index (κ3) is 3.57. The van der Waals surface area contributed by atoms with E-state index in [4.69, 9.17) is 9.47 Å². The lowest BCUT2D eigenvalue weighted by Gasteiger charge is -2.14. The highest BCUT2D eigenvalue weighted by atomic mass is 32.2. The van der Waals surface area contributed by atoms with Gasteiger partial charge < -0.3 is 9.47 Å². The average molecular weight is 429 g/mol. The Balaban J connectivity index is 1.72. The number of sulfone groups is 1. The lowest BCUT2D eigenvalue weighted by atomic mass is 10.00. The van der Waals surface area contributed by atoms with Crippen molar-refractivity contribution < 1.29 is 17.9 Å². The van der Waals surface area contributed by atoms with E-state index in [2.05, 4.69) is 0 Å². The first-order chi connectivity index (χ1) is 15.0. The minimum absolute atomic E-state index is 0.167. The zero-order valence-electron chi connectivity index (χ0n) is 16.9. The quantitative estimate of drug-likeness (QED) is 0.407. The number of fused-ring (bicyclic) bond motifs is 1. The molecule has 4 nitrogen and oxygen atoms in total. The van der Waals surface area contributed by atoms with Crippen LogP contribution in [-0.2, 0) is 9.84 Å². The summed E-state index contributed by atoms with van der Waals surface area (Å²) >= 11 is 0. The molecule has 0 aromatic heterocycles. The summed E-state index contributed by atoms with van der Waals surface area (Å²) in [5, 5.41) is 0. The molecular formula is C26H20O4S. The van der Waals surface area contributed by atoms with Gasteiger partial charge >= 0.3 is 0 Å². The van der Waals surface area contributed by atoms with Gasteiger partial charge in [-0.2, -0.15) is 0 Å². The van der Waals surface area contributed by atoms with Crippen LogP contribution in [0.15, 0.2) is 101 Å². The van der Waals surface area contributed by atoms with Gasteiger partial charge in [-0.3, -0.25) is 0 Å². The maximum atomic E-state index is 13.7. The fraction of sp³-hybridized carbons (Fsp3) is 0.0769. The monoisotopic (exact) mass is 428 g/mol. The van der Waals surface area contributed by atoms with Gasteiger partial charge in [-0.15, -0.1) is 0 Å². The summed E-state index contributed by atoms with van der Waals surface area (Å²) in [5.41, 5.74) is 4.19. The molecule has 0 N–H and O–H groups in total. The standard InChI is InChI=1S/C26H20O4S/c1-18-7-11-22(12-8-18)31(27,28)26-16-20(19-5-3-2-4-6-19)9-13-23(26)21-10-14-24-25(15-21)30-17-29-24/h2-16H,17H2,1H3. The van der Waals surface area contributed by atoms with Gasteiger partial charge in [-0.25, -0.2) is 8.42 Å². The molecule has 4 aromatic carbocycles. The van der Waals surface area contributed by atoms with Crippen molar-refractivity contribution in [2.45, 2.75) is 16.7 Å². The van der Waals surface area contributed by atoms with Crippen molar-refractivity contribution in [3.05, 3.63) is 96.6 Å². The van der Waals surface area contributed by atoms with Gasteiger partial charge in [0.05, 0.1) is 9.79 Å². The highest BCUT2D eigenvalue weighted by Crippen LogP contribution is 2.40. The second kappa shape index (κ2) is 7.60. The van der Waals surface area contributed by atoms with Crippen LogP contribution in [0.2, 0.25) is 0 Å². The summed E-state index contributed by atoms with van der Waals surface area (Å²) in [6.07, 6.45) is 0. The second-order valence-electron chi connectivity index (χ2n) is 7.46. The topological polar surface area (TPSA) is 52.6 Å². The predicted molar refractivity (Wildman–Crippen MR) is 120 cm³/mol. The Kier molecular flexibility index (Phi) is 4.75. The van der Waals surface area contributed by atoms with Gasteiger partial charge in [0.2, 0.25) is 16.6 Å². The maximum absolute atomic E-state index is 13.7. The molecule has 0 spiro atoms. The molecule has 1 aliphatic rings. The Morgan fingerprint density at radius 3 is 2.16 bits per heavy atom. The molecule has 5 rings (SSSR count). The molecule has 0 amide bonds. The van der Waals surface area contributed by atoms with Crippen molar-refractivity contribution in [3.8, 4) is 33.8 Å². The van der Waals surface area contributed by atoms with Crippen molar-refractivity contribution in [2.75, 3.05) is 6.79 Å². The van der Waals surface area contributed by atoms with Gasteiger partial charge in [0, 0.05) is 5.56 Å². The van der Waals surface area contributed by atoms with Crippen LogP contribution in [0.25, 0.3) is 22.3 Å². The van der Waals surface area contributed by atoms with E-state index in [1.807, 2.05) is 79.7 Å². The SMILES string of the molecule is Cc1ccc(S(=O)(=O)c2cc(-c3ccccc3)ccc2-c2ccc3c(c2)OCO3)cc1. The van der Waals surface area contributed by atoms with Crippen LogP contribution in [0, 0.1) is 6.92 Å². The summed E-state index contributed by atoms with van der Waals surface area (Å²) in [5.74, 6) is 1.27. The summed E-state index contributed by atoms with van der Waals surface area (Å²) in [6.45, 7) is 2.10. The molecule has 31 heavy (non-hydrogen) atoms. The van der Waals surface area contributed by atoms with Crippen molar-refractivity contribution in [2.24, 2.45) is 0 Å². The number of ether oxygens (including phenoxy) is 2. The molecule has 0 saturated carbocycles. The summed E-state index contributed by atoms with van der Waals surface area (Å²) in [4.78, 5) is 0.530. The average Bonchev–Trinajstić information content (AvgIpc) is 3.27. The highest BCUT2D eigenvalue weighted by molar-refractivity contribution is 7.91. The number of rotatable bonds is 4. The minimum atomic E-state index is -3.75. The summed E-state index contributed by atoms with van der Waals surface area (Å²) in [6, 6.07) is 27.8. The molecule has 4 aromatic rings. The molecule has 1 heterocycles. The van der Waals surface area contributed by atoms with Gasteiger partial charge in [-0.05, 0) is 53.9 Å². The first kappa shape index (κ1) is 19.4. The van der Waals surface area contributed by atoms with E-state index >= 15 is 0 Å². The predicted octanol–water partition coefficient (Wildman–Crippen LogP) is 5.89. The van der Waals surface area contributed by atoms with E-state index < -0.39 is 9.84 Å². The zero-order chi connectivity index (χ0) is 21.4. The van der Waals surface area contributed by atoms with Crippen molar-refractivity contribution in [1.29, 1.82) is 0 Å². The van der Waals surface area contributed by atoms with Gasteiger partial charge in [-0.1, -0.05) is 66.2 Å². The van der Waals surface area contributed by atoms with Crippen LogP contribution in [-0.4, -0.2) is 15.2 Å². The molecule has 5 heteroatoms. The van der Waals surface area contributed by atoms with Gasteiger partial charge in [0.25, 0.3) is 0 Å². The Morgan fingerprint density at radius 2 is 1.39 bits per heavy atom. The van der Waals surface area contributed by atoms with Crippen LogP contribution in [0.5, 0.6) is 11.5 Å². The van der Waals surface area contributed by atoms with Crippen LogP contribution >= 0.6 is 0 Å². The molecule has 154 valence electrons. The third-order valence-electron chi connectivity index (χ3n) is 5.39. The molecule has 0 radical (unpaired) electrons. The molecule has 0 fully saturated rings. The number of hydrogen-bond acceptors (Lipinski definition) is 4. The van der Waals surface area contributed by atoms with Crippen molar-refractivity contribution in [1.82, 2.24) is 0 Å². The third-order valence-corrected chi connectivity index (χ3v) is 7.20. The second-order valence-corrected chi connectivity index (χ2v) is 9.38. The molecule has 1 aliphatic heterocycles. The summed E-state index contributed by atoms with van der Waals surface area (Å²) in [7, 11) is -3.75. The van der Waals surface area contributed by atoms with E-state index in [-0.39, 0.29) is 16.6 Å². The first-order valence-corrected chi connectivity index (χ1v) is 11.4. The van der Waals surface area contributed by atoms with E-state index in [0.29, 0.717) is 17.1 Å². The molecule has 0 bridgehead atoms. The lowest BCUT2D eigenvalue weighted by Crippen LogP contribution is -2.04. The Bertz CT molecular complexity index is 1360. The van der Waals surface area contributed by atoms with E-state index in [1.165, 1.54) is 0 Å².